The monoisotopic (exact) mass is 257 g/mol. The highest BCUT2D eigenvalue weighted by atomic mass is 16.5. The van der Waals surface area contributed by atoms with Crippen molar-refractivity contribution in [2.45, 2.75) is 44.6 Å². The molecule has 0 saturated heterocycles. The van der Waals surface area contributed by atoms with Crippen molar-refractivity contribution in [2.24, 2.45) is 0 Å². The predicted molar refractivity (Wildman–Crippen MR) is 75.0 cm³/mol. The first kappa shape index (κ1) is 12.3. The highest BCUT2D eigenvalue weighted by Crippen LogP contribution is 2.22. The Morgan fingerprint density at radius 3 is 2.84 bits per heavy atom. The minimum atomic E-state index is -0.100. The zero-order valence-electron chi connectivity index (χ0n) is 11.0. The van der Waals surface area contributed by atoms with Crippen molar-refractivity contribution >= 4 is 16.9 Å². The van der Waals surface area contributed by atoms with Gasteiger partial charge in [-0.1, -0.05) is 24.6 Å². The van der Waals surface area contributed by atoms with Crippen molar-refractivity contribution in [2.75, 3.05) is 0 Å². The molecule has 1 aromatic carbocycles. The third-order valence-corrected chi connectivity index (χ3v) is 3.86. The lowest BCUT2D eigenvalue weighted by Crippen LogP contribution is -2.21. The molecule has 1 aliphatic rings. The van der Waals surface area contributed by atoms with Gasteiger partial charge in [0, 0.05) is 17.1 Å². The minimum absolute atomic E-state index is 0.100. The zero-order valence-corrected chi connectivity index (χ0v) is 11.0. The second kappa shape index (κ2) is 5.47. The Bertz CT molecular complexity index is 567. The Balaban J connectivity index is 1.65. The maximum absolute atomic E-state index is 12.0. The second-order valence-electron chi connectivity index (χ2n) is 5.29. The third kappa shape index (κ3) is 2.80. The molecule has 3 heteroatoms. The van der Waals surface area contributed by atoms with Crippen molar-refractivity contribution in [3.05, 3.63) is 36.0 Å². The number of nitrogens with one attached hydrogen (secondary N) is 1. The Labute approximate surface area is 113 Å². The second-order valence-corrected chi connectivity index (χ2v) is 5.29. The topological polar surface area (TPSA) is 42.1 Å². The van der Waals surface area contributed by atoms with Crippen molar-refractivity contribution < 1.29 is 9.53 Å². The van der Waals surface area contributed by atoms with Crippen molar-refractivity contribution in [3.8, 4) is 0 Å². The molecule has 0 spiro atoms. The summed E-state index contributed by atoms with van der Waals surface area (Å²) in [4.78, 5) is 15.2. The summed E-state index contributed by atoms with van der Waals surface area (Å²) in [6, 6.07) is 8.04. The van der Waals surface area contributed by atoms with Crippen LogP contribution < -0.4 is 0 Å². The summed E-state index contributed by atoms with van der Waals surface area (Å²) in [6.07, 6.45) is 8.12. The third-order valence-electron chi connectivity index (χ3n) is 3.86. The van der Waals surface area contributed by atoms with Crippen LogP contribution in [-0.4, -0.2) is 17.1 Å². The minimum Gasteiger partial charge on any atom is -0.462 e. The number of aromatic nitrogens is 1. The summed E-state index contributed by atoms with van der Waals surface area (Å²) in [5.41, 5.74) is 2.10. The molecule has 3 nitrogen and oxygen atoms in total. The van der Waals surface area contributed by atoms with Gasteiger partial charge in [0.1, 0.15) is 6.10 Å². The lowest BCUT2D eigenvalue weighted by atomic mass is 9.98. The Hall–Kier alpha value is -1.77. The largest absolute Gasteiger partial charge is 0.462 e. The SMILES string of the molecule is O=C(Cc1c[nH]c2ccccc12)OC1CCCCC1. The smallest absolute Gasteiger partial charge is 0.310 e. The fourth-order valence-electron chi connectivity index (χ4n) is 2.84. The van der Waals surface area contributed by atoms with Crippen LogP contribution in [0.3, 0.4) is 0 Å². The molecule has 19 heavy (non-hydrogen) atoms. The van der Waals surface area contributed by atoms with Crippen LogP contribution in [0.4, 0.5) is 0 Å². The van der Waals surface area contributed by atoms with E-state index in [4.69, 9.17) is 4.74 Å². The van der Waals surface area contributed by atoms with Crippen molar-refractivity contribution in [1.29, 1.82) is 0 Å². The normalized spacial score (nSPS) is 16.6. The van der Waals surface area contributed by atoms with Gasteiger partial charge in [-0.05, 0) is 37.3 Å². The molecule has 0 aliphatic heterocycles. The molecule has 0 atom stereocenters. The lowest BCUT2D eigenvalue weighted by Gasteiger charge is -2.21. The number of fused-ring (bicyclic) bond motifs is 1. The van der Waals surface area contributed by atoms with E-state index in [9.17, 15) is 4.79 Å². The lowest BCUT2D eigenvalue weighted by molar-refractivity contribution is -0.149. The van der Waals surface area contributed by atoms with E-state index in [0.717, 1.165) is 29.3 Å². The summed E-state index contributed by atoms with van der Waals surface area (Å²) in [5, 5.41) is 1.11. The van der Waals surface area contributed by atoms with Crippen molar-refractivity contribution in [3.63, 3.8) is 0 Å². The van der Waals surface area contributed by atoms with Gasteiger partial charge in [-0.15, -0.1) is 0 Å². The van der Waals surface area contributed by atoms with E-state index >= 15 is 0 Å². The van der Waals surface area contributed by atoms with Gasteiger partial charge in [-0.25, -0.2) is 0 Å². The molecule has 3 rings (SSSR count). The number of hydrogen-bond donors (Lipinski definition) is 1. The molecule has 1 fully saturated rings. The van der Waals surface area contributed by atoms with Gasteiger partial charge >= 0.3 is 5.97 Å². The van der Waals surface area contributed by atoms with E-state index < -0.39 is 0 Å². The number of H-pyrrole nitrogens is 1. The summed E-state index contributed by atoms with van der Waals surface area (Å²) in [6.45, 7) is 0. The van der Waals surface area contributed by atoms with E-state index in [1.165, 1.54) is 19.3 Å². The molecule has 0 unspecified atom stereocenters. The molecule has 0 amide bonds. The van der Waals surface area contributed by atoms with Crippen LogP contribution in [-0.2, 0) is 16.0 Å². The number of carbonyl (C=O) groups excluding carboxylic acids is 1. The summed E-state index contributed by atoms with van der Waals surface area (Å²) < 4.78 is 5.56. The summed E-state index contributed by atoms with van der Waals surface area (Å²) in [7, 11) is 0. The van der Waals surface area contributed by atoms with Gasteiger partial charge < -0.3 is 9.72 Å². The predicted octanol–water partition coefficient (Wildman–Crippen LogP) is 3.59. The fourth-order valence-corrected chi connectivity index (χ4v) is 2.84. The van der Waals surface area contributed by atoms with Crippen LogP contribution in [0.1, 0.15) is 37.7 Å². The van der Waals surface area contributed by atoms with Crippen molar-refractivity contribution in [1.82, 2.24) is 4.98 Å². The molecule has 0 bridgehead atoms. The van der Waals surface area contributed by atoms with Gasteiger partial charge in [-0.3, -0.25) is 4.79 Å². The number of ether oxygens (including phenoxy) is 1. The molecule has 1 aliphatic carbocycles. The van der Waals surface area contributed by atoms with Crippen LogP contribution in [0.5, 0.6) is 0 Å². The average molecular weight is 257 g/mol. The number of para-hydroxylation sites is 1. The standard InChI is InChI=1S/C16H19NO2/c18-16(19-13-6-2-1-3-7-13)10-12-11-17-15-9-5-4-8-14(12)15/h4-5,8-9,11,13,17H,1-3,6-7,10H2. The molecule has 2 aromatic rings. The molecular weight excluding hydrogens is 238 g/mol. The van der Waals surface area contributed by atoms with Crippen LogP contribution in [0.25, 0.3) is 10.9 Å². The van der Waals surface area contributed by atoms with Crippen LogP contribution in [0.2, 0.25) is 0 Å². The van der Waals surface area contributed by atoms with Gasteiger partial charge in [0.25, 0.3) is 0 Å². The quantitative estimate of drug-likeness (QED) is 0.854. The van der Waals surface area contributed by atoms with Crippen LogP contribution >= 0.6 is 0 Å². The number of hydrogen-bond acceptors (Lipinski definition) is 2. The summed E-state index contributed by atoms with van der Waals surface area (Å²) in [5.74, 6) is -0.100. The fraction of sp³-hybridized carbons (Fsp3) is 0.438. The highest BCUT2D eigenvalue weighted by molar-refractivity contribution is 5.87. The first-order valence-electron chi connectivity index (χ1n) is 7.07. The van der Waals surface area contributed by atoms with Gasteiger partial charge in [0.05, 0.1) is 6.42 Å². The first-order valence-corrected chi connectivity index (χ1v) is 7.07. The van der Waals surface area contributed by atoms with Crippen LogP contribution in [0.15, 0.2) is 30.5 Å². The number of carbonyl (C=O) groups is 1. The summed E-state index contributed by atoms with van der Waals surface area (Å²) >= 11 is 0. The van der Waals surface area contributed by atoms with E-state index in [0.29, 0.717) is 6.42 Å². The molecule has 0 radical (unpaired) electrons. The molecule has 1 N–H and O–H groups in total. The molecule has 1 aromatic heterocycles. The number of aromatic amines is 1. The molecule has 1 heterocycles. The van der Waals surface area contributed by atoms with E-state index in [1.807, 2.05) is 30.5 Å². The Morgan fingerprint density at radius 2 is 2.00 bits per heavy atom. The zero-order chi connectivity index (χ0) is 13.1. The number of benzene rings is 1. The first-order chi connectivity index (χ1) is 9.33. The van der Waals surface area contributed by atoms with E-state index in [-0.39, 0.29) is 12.1 Å². The average Bonchev–Trinajstić information content (AvgIpc) is 2.83. The highest BCUT2D eigenvalue weighted by Gasteiger charge is 2.18. The van der Waals surface area contributed by atoms with Gasteiger partial charge in [0.2, 0.25) is 0 Å². The van der Waals surface area contributed by atoms with Gasteiger partial charge in [0.15, 0.2) is 0 Å². The van der Waals surface area contributed by atoms with Gasteiger partial charge in [-0.2, -0.15) is 0 Å². The van der Waals surface area contributed by atoms with E-state index in [1.54, 1.807) is 0 Å². The van der Waals surface area contributed by atoms with Crippen LogP contribution in [0, 0.1) is 0 Å². The van der Waals surface area contributed by atoms with E-state index in [2.05, 4.69) is 4.98 Å². The number of rotatable bonds is 3. The number of esters is 1. The Morgan fingerprint density at radius 1 is 1.21 bits per heavy atom. The maximum atomic E-state index is 12.0. The Kier molecular flexibility index (Phi) is 3.53. The maximum Gasteiger partial charge on any atom is 0.310 e. The molecular formula is C16H19NO2. The molecule has 1 saturated carbocycles. The molecule has 100 valence electrons.